The van der Waals surface area contributed by atoms with E-state index in [-0.39, 0.29) is 0 Å². The third kappa shape index (κ3) is 1.54. The molecule has 0 atom stereocenters. The zero-order valence-corrected chi connectivity index (χ0v) is 5.01. The molecular weight excluding hydrogens is 151 g/mol. The molecule has 0 aromatic carbocycles. The van der Waals surface area contributed by atoms with Gasteiger partial charge in [-0.25, -0.2) is 0 Å². The second-order valence-electron chi connectivity index (χ2n) is 1.45. The van der Waals surface area contributed by atoms with E-state index in [1.165, 1.54) is 0 Å². The van der Waals surface area contributed by atoms with E-state index in [4.69, 9.17) is 0 Å². The monoisotopic (exact) mass is 154 g/mol. The van der Waals surface area contributed by atoms with Crippen LogP contribution in [0.1, 0.15) is 0 Å². The van der Waals surface area contributed by atoms with Crippen LogP contribution in [-0.2, 0) is 0 Å². The minimum atomic E-state index is -4.20. The summed E-state index contributed by atoms with van der Waals surface area (Å²) in [5.74, 6) is 1.03. The molecule has 1 N–H and O–H groups in total. The van der Waals surface area contributed by atoms with E-state index < -0.39 is 11.7 Å². The number of halogens is 3. The highest BCUT2D eigenvalue weighted by molar-refractivity contribution is 7.99. The fourth-order valence-corrected chi connectivity index (χ4v) is 0.969. The lowest BCUT2D eigenvalue weighted by Gasteiger charge is -2.02. The predicted molar refractivity (Wildman–Crippen MR) is 29.2 cm³/mol. The van der Waals surface area contributed by atoms with Gasteiger partial charge in [0.15, 0.2) is 0 Å². The molecule has 1 aliphatic rings. The van der Waals surface area contributed by atoms with Crippen LogP contribution < -0.4 is 4.72 Å². The van der Waals surface area contributed by atoms with E-state index in [1.54, 1.807) is 0 Å². The van der Waals surface area contributed by atoms with Gasteiger partial charge in [0.05, 0.1) is 11.3 Å². The molecular formula is C4H3F3NS. The zero-order chi connectivity index (χ0) is 6.91. The maximum Gasteiger partial charge on any atom is 0.415 e. The molecule has 1 radical (unpaired) electrons. The summed E-state index contributed by atoms with van der Waals surface area (Å²) in [4.78, 5) is 0. The van der Waals surface area contributed by atoms with Crippen molar-refractivity contribution in [3.05, 3.63) is 17.5 Å². The van der Waals surface area contributed by atoms with Crippen LogP contribution in [0.5, 0.6) is 0 Å². The van der Waals surface area contributed by atoms with Crippen molar-refractivity contribution in [2.45, 2.75) is 6.18 Å². The number of rotatable bonds is 0. The van der Waals surface area contributed by atoms with Gasteiger partial charge in [-0.2, -0.15) is 13.2 Å². The molecule has 0 bridgehead atoms. The second-order valence-corrected chi connectivity index (χ2v) is 2.16. The average Bonchev–Trinajstić information content (AvgIpc) is 2.08. The Morgan fingerprint density at radius 3 is 2.33 bits per heavy atom. The van der Waals surface area contributed by atoms with Crippen LogP contribution in [0.25, 0.3) is 0 Å². The molecule has 0 aliphatic carbocycles. The van der Waals surface area contributed by atoms with Gasteiger partial charge in [0, 0.05) is 6.20 Å². The molecule has 5 heteroatoms. The molecule has 1 aliphatic heterocycles. The van der Waals surface area contributed by atoms with Crippen molar-refractivity contribution >= 4 is 11.9 Å². The summed E-state index contributed by atoms with van der Waals surface area (Å²) in [6, 6.07) is 0. The van der Waals surface area contributed by atoms with Crippen LogP contribution in [0.4, 0.5) is 13.2 Å². The Hall–Kier alpha value is -0.320. The summed E-state index contributed by atoms with van der Waals surface area (Å²) >= 11 is 0.921. The van der Waals surface area contributed by atoms with E-state index in [9.17, 15) is 13.2 Å². The van der Waals surface area contributed by atoms with E-state index in [0.29, 0.717) is 0 Å². The lowest BCUT2D eigenvalue weighted by molar-refractivity contribution is -0.0889. The molecule has 0 amide bonds. The van der Waals surface area contributed by atoms with Crippen LogP contribution in [0.3, 0.4) is 0 Å². The minimum Gasteiger partial charge on any atom is -0.336 e. The average molecular weight is 154 g/mol. The van der Waals surface area contributed by atoms with Gasteiger partial charge < -0.3 is 4.72 Å². The number of alkyl halides is 3. The summed E-state index contributed by atoms with van der Waals surface area (Å²) in [7, 11) is 0. The van der Waals surface area contributed by atoms with Crippen molar-refractivity contribution in [2.24, 2.45) is 0 Å². The fraction of sp³-hybridized carbons (Fsp3) is 0.250. The fourth-order valence-electron chi connectivity index (χ4n) is 0.378. The van der Waals surface area contributed by atoms with E-state index in [1.807, 2.05) is 0 Å². The lowest BCUT2D eigenvalue weighted by atomic mass is 10.3. The molecule has 0 fully saturated rings. The lowest BCUT2D eigenvalue weighted by Crippen LogP contribution is -2.09. The van der Waals surface area contributed by atoms with Gasteiger partial charge in [0.25, 0.3) is 0 Å². The van der Waals surface area contributed by atoms with Crippen LogP contribution in [-0.4, -0.2) is 6.18 Å². The molecule has 0 spiro atoms. The van der Waals surface area contributed by atoms with Gasteiger partial charge in [-0.15, -0.1) is 0 Å². The van der Waals surface area contributed by atoms with Gasteiger partial charge in [-0.05, 0) is 11.9 Å². The third-order valence-corrected chi connectivity index (χ3v) is 1.42. The Balaban J connectivity index is 2.61. The largest absolute Gasteiger partial charge is 0.415 e. The highest BCUT2D eigenvalue weighted by Crippen LogP contribution is 2.33. The van der Waals surface area contributed by atoms with Crippen LogP contribution in [0, 0.1) is 5.75 Å². The van der Waals surface area contributed by atoms with Gasteiger partial charge in [0.1, 0.15) is 0 Å². The molecule has 0 aromatic rings. The third-order valence-electron chi connectivity index (χ3n) is 0.796. The van der Waals surface area contributed by atoms with Gasteiger partial charge in [0.2, 0.25) is 0 Å². The Bertz CT molecular complexity index is 139. The van der Waals surface area contributed by atoms with Crippen molar-refractivity contribution in [2.75, 3.05) is 0 Å². The molecule has 1 rings (SSSR count). The second kappa shape index (κ2) is 2.13. The van der Waals surface area contributed by atoms with E-state index in [0.717, 1.165) is 23.9 Å². The molecule has 1 heterocycles. The molecule has 0 saturated carbocycles. The van der Waals surface area contributed by atoms with Gasteiger partial charge in [-0.1, -0.05) is 0 Å². The normalized spacial score (nSPS) is 19.2. The molecule has 0 unspecified atom stereocenters. The van der Waals surface area contributed by atoms with Crippen molar-refractivity contribution in [1.82, 2.24) is 4.72 Å². The Morgan fingerprint density at radius 1 is 1.44 bits per heavy atom. The molecule has 51 valence electrons. The molecule has 1 nitrogen and oxygen atoms in total. The van der Waals surface area contributed by atoms with Crippen LogP contribution in [0.2, 0.25) is 0 Å². The Kier molecular flexibility index (Phi) is 1.61. The van der Waals surface area contributed by atoms with Crippen molar-refractivity contribution in [3.8, 4) is 0 Å². The summed E-state index contributed by atoms with van der Waals surface area (Å²) in [6.45, 7) is 0. The molecule has 9 heavy (non-hydrogen) atoms. The van der Waals surface area contributed by atoms with Crippen LogP contribution in [0.15, 0.2) is 11.8 Å². The Morgan fingerprint density at radius 2 is 2.11 bits per heavy atom. The van der Waals surface area contributed by atoms with Crippen molar-refractivity contribution in [1.29, 1.82) is 0 Å². The number of hydrogen-bond acceptors (Lipinski definition) is 2. The van der Waals surface area contributed by atoms with Crippen molar-refractivity contribution in [3.63, 3.8) is 0 Å². The standard InChI is InChI=1S/C4H3F3NS/c5-4(6,7)3-1-8-9-2-3/h1-2,8H. The summed E-state index contributed by atoms with van der Waals surface area (Å²) in [5.41, 5.74) is -0.618. The van der Waals surface area contributed by atoms with Crippen LogP contribution >= 0.6 is 11.9 Å². The molecule has 0 saturated heterocycles. The SMILES string of the molecule is FC(F)(F)C1=CNS[CH]1. The summed E-state index contributed by atoms with van der Waals surface area (Å²) in [6.07, 6.45) is -3.26. The van der Waals surface area contributed by atoms with Crippen molar-refractivity contribution < 1.29 is 13.2 Å². The molecule has 0 aromatic heterocycles. The maximum atomic E-state index is 11.6. The summed E-state index contributed by atoms with van der Waals surface area (Å²) in [5, 5.41) is 0. The van der Waals surface area contributed by atoms with Gasteiger partial charge >= 0.3 is 6.18 Å². The summed E-state index contributed by atoms with van der Waals surface area (Å²) < 4.78 is 37.2. The highest BCUT2D eigenvalue weighted by Gasteiger charge is 2.35. The first-order valence-electron chi connectivity index (χ1n) is 2.12. The van der Waals surface area contributed by atoms with Gasteiger partial charge in [-0.3, -0.25) is 0 Å². The topological polar surface area (TPSA) is 12.0 Å². The predicted octanol–water partition coefficient (Wildman–Crippen LogP) is 1.85. The van der Waals surface area contributed by atoms with E-state index in [2.05, 4.69) is 4.72 Å². The maximum absolute atomic E-state index is 11.6. The minimum absolute atomic E-state index is 0.618. The first kappa shape index (κ1) is 6.80. The number of nitrogens with one attached hydrogen (secondary N) is 1. The highest BCUT2D eigenvalue weighted by atomic mass is 32.2. The number of hydrogen-bond donors (Lipinski definition) is 1. The first-order valence-corrected chi connectivity index (χ1v) is 3.00. The zero-order valence-electron chi connectivity index (χ0n) is 4.20. The van der Waals surface area contributed by atoms with E-state index >= 15 is 0 Å². The quantitative estimate of drug-likeness (QED) is 0.534. The first-order chi connectivity index (χ1) is 4.11. The Labute approximate surface area is 54.4 Å². The smallest absolute Gasteiger partial charge is 0.336 e.